The van der Waals surface area contributed by atoms with Crippen molar-refractivity contribution in [2.75, 3.05) is 5.32 Å². The third-order valence-corrected chi connectivity index (χ3v) is 5.78. The van der Waals surface area contributed by atoms with Crippen molar-refractivity contribution in [3.63, 3.8) is 0 Å². The molecule has 1 heterocycles. The van der Waals surface area contributed by atoms with Crippen LogP contribution in [0.5, 0.6) is 0 Å². The summed E-state index contributed by atoms with van der Waals surface area (Å²) in [5, 5.41) is 3.02. The van der Waals surface area contributed by atoms with Crippen molar-refractivity contribution >= 4 is 27.5 Å². The molecule has 3 heteroatoms. The molecule has 2 aliphatic rings. The second-order valence-electron chi connectivity index (χ2n) is 6.53. The first-order valence-electron chi connectivity index (χ1n) is 8.29. The van der Waals surface area contributed by atoms with Crippen molar-refractivity contribution in [3.05, 3.63) is 29.3 Å². The standard InChI is InChI=1S/C18H24BrNO/c19-16(11-13-5-2-1-3-6-13)14-9-10-17-15(12-14)7-4-8-18(21)20-17/h9-10,12-13,16H,1-8,11H2,(H,20,21). The number of hydrogen-bond acceptors (Lipinski definition) is 1. The normalized spacial score (nSPS) is 21.3. The maximum Gasteiger partial charge on any atom is 0.224 e. The fraction of sp³-hybridized carbons (Fsp3) is 0.611. The van der Waals surface area contributed by atoms with Gasteiger partial charge in [-0.25, -0.2) is 0 Å². The van der Waals surface area contributed by atoms with Crippen LogP contribution in [0.4, 0.5) is 5.69 Å². The number of rotatable bonds is 3. The fourth-order valence-electron chi connectivity index (χ4n) is 3.64. The summed E-state index contributed by atoms with van der Waals surface area (Å²) in [6.45, 7) is 0. The Balaban J connectivity index is 1.70. The lowest BCUT2D eigenvalue weighted by molar-refractivity contribution is -0.116. The van der Waals surface area contributed by atoms with Crippen LogP contribution in [0.1, 0.15) is 67.3 Å². The van der Waals surface area contributed by atoms with Crippen LogP contribution < -0.4 is 5.32 Å². The minimum Gasteiger partial charge on any atom is -0.326 e. The zero-order valence-electron chi connectivity index (χ0n) is 12.5. The molecule has 0 radical (unpaired) electrons. The second-order valence-corrected chi connectivity index (χ2v) is 7.63. The molecule has 1 aromatic carbocycles. The van der Waals surface area contributed by atoms with E-state index in [2.05, 4.69) is 39.4 Å². The number of nitrogens with one attached hydrogen (secondary N) is 1. The van der Waals surface area contributed by atoms with Gasteiger partial charge in [0.1, 0.15) is 0 Å². The molecule has 0 bridgehead atoms. The molecule has 1 amide bonds. The molecule has 1 aromatic rings. The summed E-state index contributed by atoms with van der Waals surface area (Å²) >= 11 is 3.89. The molecule has 2 nitrogen and oxygen atoms in total. The largest absolute Gasteiger partial charge is 0.326 e. The number of fused-ring (bicyclic) bond motifs is 1. The molecular formula is C18H24BrNO. The molecular weight excluding hydrogens is 326 g/mol. The summed E-state index contributed by atoms with van der Waals surface area (Å²) in [7, 11) is 0. The molecule has 0 aromatic heterocycles. The number of benzene rings is 1. The van der Waals surface area contributed by atoms with Gasteiger partial charge in [-0.2, -0.15) is 0 Å². The Bertz CT molecular complexity index is 508. The summed E-state index contributed by atoms with van der Waals surface area (Å²) in [6, 6.07) is 6.55. The first-order valence-corrected chi connectivity index (χ1v) is 9.20. The van der Waals surface area contributed by atoms with Crippen molar-refractivity contribution in [2.45, 2.75) is 62.6 Å². The van der Waals surface area contributed by atoms with Gasteiger partial charge in [-0.05, 0) is 42.4 Å². The van der Waals surface area contributed by atoms with Crippen molar-refractivity contribution in [2.24, 2.45) is 5.92 Å². The van der Waals surface area contributed by atoms with Crippen LogP contribution in [-0.4, -0.2) is 5.91 Å². The van der Waals surface area contributed by atoms with Gasteiger partial charge in [0.05, 0.1) is 0 Å². The third kappa shape index (κ3) is 3.88. The average molecular weight is 350 g/mol. The molecule has 1 fully saturated rings. The third-order valence-electron chi connectivity index (χ3n) is 4.88. The number of alkyl halides is 1. The number of halogens is 1. The van der Waals surface area contributed by atoms with Gasteiger partial charge in [0, 0.05) is 16.9 Å². The zero-order valence-corrected chi connectivity index (χ0v) is 14.1. The van der Waals surface area contributed by atoms with E-state index in [0.29, 0.717) is 11.2 Å². The molecule has 1 unspecified atom stereocenters. The van der Waals surface area contributed by atoms with Crippen molar-refractivity contribution in [1.82, 2.24) is 0 Å². The average Bonchev–Trinajstić information content (AvgIpc) is 2.68. The Kier molecular flexibility index (Phi) is 4.99. The first kappa shape index (κ1) is 15.1. The van der Waals surface area contributed by atoms with Crippen LogP contribution in [0.25, 0.3) is 0 Å². The molecule has 1 aliphatic heterocycles. The van der Waals surface area contributed by atoms with Crippen LogP contribution in [0.3, 0.4) is 0 Å². The van der Waals surface area contributed by atoms with Crippen molar-refractivity contribution in [3.8, 4) is 0 Å². The molecule has 21 heavy (non-hydrogen) atoms. The van der Waals surface area contributed by atoms with Crippen LogP contribution in [0.2, 0.25) is 0 Å². The minimum atomic E-state index is 0.152. The topological polar surface area (TPSA) is 29.1 Å². The molecule has 3 rings (SSSR count). The summed E-state index contributed by atoms with van der Waals surface area (Å²) in [5.74, 6) is 1.03. The van der Waals surface area contributed by atoms with Gasteiger partial charge >= 0.3 is 0 Å². The van der Waals surface area contributed by atoms with Crippen LogP contribution in [-0.2, 0) is 11.2 Å². The van der Waals surface area contributed by atoms with Crippen molar-refractivity contribution in [1.29, 1.82) is 0 Å². The second kappa shape index (κ2) is 6.95. The highest BCUT2D eigenvalue weighted by Gasteiger charge is 2.20. The van der Waals surface area contributed by atoms with Crippen LogP contribution in [0, 0.1) is 5.92 Å². The van der Waals surface area contributed by atoms with E-state index < -0.39 is 0 Å². The lowest BCUT2D eigenvalue weighted by Crippen LogP contribution is -2.10. The van der Waals surface area contributed by atoms with E-state index >= 15 is 0 Å². The molecule has 1 atom stereocenters. The Hall–Kier alpha value is -0.830. The SMILES string of the molecule is O=C1CCCc2cc(C(Br)CC3CCCCC3)ccc2N1. The minimum absolute atomic E-state index is 0.152. The molecule has 0 spiro atoms. The number of amides is 1. The van der Waals surface area contributed by atoms with Crippen LogP contribution >= 0.6 is 15.9 Å². The van der Waals surface area contributed by atoms with E-state index in [4.69, 9.17) is 0 Å². The summed E-state index contributed by atoms with van der Waals surface area (Å²) < 4.78 is 0. The molecule has 1 aliphatic carbocycles. The van der Waals surface area contributed by atoms with Gasteiger partial charge in [0.2, 0.25) is 5.91 Å². The Morgan fingerprint density at radius 3 is 2.76 bits per heavy atom. The van der Waals surface area contributed by atoms with Gasteiger partial charge in [-0.1, -0.05) is 60.2 Å². The maximum absolute atomic E-state index is 11.6. The highest BCUT2D eigenvalue weighted by atomic mass is 79.9. The predicted octanol–water partition coefficient (Wildman–Crippen LogP) is 5.37. The lowest BCUT2D eigenvalue weighted by atomic mass is 9.85. The fourth-order valence-corrected chi connectivity index (χ4v) is 4.45. The number of anilines is 1. The number of carbonyl (C=O) groups is 1. The molecule has 0 saturated heterocycles. The lowest BCUT2D eigenvalue weighted by Gasteiger charge is -2.24. The smallest absolute Gasteiger partial charge is 0.224 e. The quantitative estimate of drug-likeness (QED) is 0.730. The van der Waals surface area contributed by atoms with E-state index in [1.807, 2.05) is 0 Å². The first-order chi connectivity index (χ1) is 10.2. The summed E-state index contributed by atoms with van der Waals surface area (Å²) in [4.78, 5) is 12.1. The highest BCUT2D eigenvalue weighted by molar-refractivity contribution is 9.09. The number of aryl methyl sites for hydroxylation is 1. The number of carbonyl (C=O) groups excluding carboxylic acids is 1. The summed E-state index contributed by atoms with van der Waals surface area (Å²) in [6.07, 6.45) is 10.9. The van der Waals surface area contributed by atoms with Gasteiger partial charge in [0.25, 0.3) is 0 Å². The van der Waals surface area contributed by atoms with Gasteiger partial charge in [-0.3, -0.25) is 4.79 Å². The monoisotopic (exact) mass is 349 g/mol. The molecule has 1 saturated carbocycles. The van der Waals surface area contributed by atoms with E-state index in [0.717, 1.165) is 24.4 Å². The maximum atomic E-state index is 11.6. The molecule has 114 valence electrons. The van der Waals surface area contributed by atoms with E-state index in [9.17, 15) is 4.79 Å². The summed E-state index contributed by atoms with van der Waals surface area (Å²) in [5.41, 5.74) is 3.68. The van der Waals surface area contributed by atoms with Gasteiger partial charge < -0.3 is 5.32 Å². The number of hydrogen-bond donors (Lipinski definition) is 1. The zero-order chi connectivity index (χ0) is 14.7. The van der Waals surface area contributed by atoms with Gasteiger partial charge in [-0.15, -0.1) is 0 Å². The van der Waals surface area contributed by atoms with Gasteiger partial charge in [0.15, 0.2) is 0 Å². The highest BCUT2D eigenvalue weighted by Crippen LogP contribution is 2.37. The van der Waals surface area contributed by atoms with Crippen molar-refractivity contribution < 1.29 is 4.79 Å². The Labute approximate surface area is 135 Å². The molecule has 1 N–H and O–H groups in total. The van der Waals surface area contributed by atoms with E-state index in [1.54, 1.807) is 0 Å². The predicted molar refractivity (Wildman–Crippen MR) is 90.9 cm³/mol. The Morgan fingerprint density at radius 2 is 1.95 bits per heavy atom. The Morgan fingerprint density at radius 1 is 1.14 bits per heavy atom. The van der Waals surface area contributed by atoms with E-state index in [-0.39, 0.29) is 5.91 Å². The van der Waals surface area contributed by atoms with Crippen LogP contribution in [0.15, 0.2) is 18.2 Å². The van der Waals surface area contributed by atoms with E-state index in [1.165, 1.54) is 49.7 Å².